The van der Waals surface area contributed by atoms with Gasteiger partial charge in [-0.1, -0.05) is 22.6 Å². The molecule has 25 heavy (non-hydrogen) atoms. The summed E-state index contributed by atoms with van der Waals surface area (Å²) in [5.74, 6) is -1.10. The van der Waals surface area contributed by atoms with E-state index in [4.69, 9.17) is 9.47 Å². The van der Waals surface area contributed by atoms with E-state index >= 15 is 0 Å². The molecule has 136 valence electrons. The number of hydrogen-bond donors (Lipinski definition) is 0. The van der Waals surface area contributed by atoms with Crippen LogP contribution in [0.1, 0.15) is 33.6 Å². The molecular formula is C15H13I4NO5. The Morgan fingerprint density at radius 2 is 1.52 bits per heavy atom. The van der Waals surface area contributed by atoms with Crippen molar-refractivity contribution in [3.63, 3.8) is 0 Å². The molecule has 1 aromatic carbocycles. The maximum Gasteiger partial charge on any atom is 0.340 e. The van der Waals surface area contributed by atoms with Crippen LogP contribution in [0.2, 0.25) is 0 Å². The Morgan fingerprint density at radius 3 is 1.92 bits per heavy atom. The molecule has 1 atom stereocenters. The van der Waals surface area contributed by atoms with Crippen molar-refractivity contribution < 1.29 is 23.9 Å². The third kappa shape index (κ3) is 4.05. The number of nitrogens with zero attached hydrogens (tertiary/aromatic N) is 1. The molecule has 1 saturated heterocycles. The standard InChI is InChI=1S/C15H13I4NO5/c1-24-14(22)8-10(17)9(15(23)25-2)12(19)13(11(8)18)20-6(5-16)3-4-7(20)21/h6H,3-5H2,1-2H3. The molecule has 2 rings (SSSR count). The van der Waals surface area contributed by atoms with Gasteiger partial charge in [0.25, 0.3) is 0 Å². The highest BCUT2D eigenvalue weighted by molar-refractivity contribution is 14.1. The van der Waals surface area contributed by atoms with E-state index < -0.39 is 11.9 Å². The van der Waals surface area contributed by atoms with Gasteiger partial charge in [0.05, 0.1) is 38.2 Å². The van der Waals surface area contributed by atoms with Gasteiger partial charge in [-0.2, -0.15) is 0 Å². The van der Waals surface area contributed by atoms with Gasteiger partial charge in [-0.05, 0) is 74.2 Å². The first kappa shape index (κ1) is 21.8. The van der Waals surface area contributed by atoms with E-state index in [0.717, 1.165) is 10.8 Å². The second-order valence-corrected chi connectivity index (χ2v) is 9.25. The highest BCUT2D eigenvalue weighted by Gasteiger charge is 2.38. The van der Waals surface area contributed by atoms with Crippen LogP contribution in [0, 0.1) is 10.7 Å². The van der Waals surface area contributed by atoms with Crippen molar-refractivity contribution in [3.8, 4) is 0 Å². The van der Waals surface area contributed by atoms with Gasteiger partial charge in [0.1, 0.15) is 0 Å². The van der Waals surface area contributed by atoms with Gasteiger partial charge in [0.2, 0.25) is 5.91 Å². The number of esters is 2. The number of alkyl halides is 1. The van der Waals surface area contributed by atoms with Crippen molar-refractivity contribution >= 4 is 114 Å². The normalized spacial score (nSPS) is 17.0. The van der Waals surface area contributed by atoms with E-state index in [2.05, 4.69) is 67.8 Å². The maximum atomic E-state index is 12.5. The number of ether oxygens (including phenoxy) is 2. The summed E-state index contributed by atoms with van der Waals surface area (Å²) in [5, 5.41) is 0. The smallest absolute Gasteiger partial charge is 0.340 e. The summed E-state index contributed by atoms with van der Waals surface area (Å²) in [5.41, 5.74) is 1.16. The number of hydrogen-bond acceptors (Lipinski definition) is 5. The predicted molar refractivity (Wildman–Crippen MR) is 127 cm³/mol. The first-order valence-electron chi connectivity index (χ1n) is 7.05. The van der Waals surface area contributed by atoms with E-state index in [9.17, 15) is 14.4 Å². The topological polar surface area (TPSA) is 72.9 Å². The van der Waals surface area contributed by atoms with Crippen LogP contribution in [0.3, 0.4) is 0 Å². The number of carbonyl (C=O) groups excluding carboxylic acids is 3. The zero-order valence-corrected chi connectivity index (χ0v) is 21.8. The highest BCUT2D eigenvalue weighted by Crippen LogP contribution is 2.41. The summed E-state index contributed by atoms with van der Waals surface area (Å²) in [6.45, 7) is 0. The van der Waals surface area contributed by atoms with Gasteiger partial charge in [0, 0.05) is 20.5 Å². The lowest BCUT2D eigenvalue weighted by atomic mass is 10.1. The molecule has 1 aliphatic rings. The molecule has 6 nitrogen and oxygen atoms in total. The molecule has 0 aromatic heterocycles. The number of amides is 1. The van der Waals surface area contributed by atoms with Gasteiger partial charge in [0.15, 0.2) is 0 Å². The van der Waals surface area contributed by atoms with Crippen molar-refractivity contribution in [1.82, 2.24) is 0 Å². The van der Waals surface area contributed by atoms with E-state index in [1.807, 2.05) is 22.6 Å². The summed E-state index contributed by atoms with van der Waals surface area (Å²) < 4.78 is 12.2. The maximum absolute atomic E-state index is 12.5. The van der Waals surface area contributed by atoms with Crippen molar-refractivity contribution in [2.24, 2.45) is 0 Å². The molecule has 0 bridgehead atoms. The Balaban J connectivity index is 2.85. The molecule has 1 unspecified atom stereocenters. The Morgan fingerprint density at radius 1 is 1.04 bits per heavy atom. The molecule has 1 fully saturated rings. The summed E-state index contributed by atoms with van der Waals surface area (Å²) in [4.78, 5) is 38.9. The quantitative estimate of drug-likeness (QED) is 0.262. The molecule has 1 amide bonds. The zero-order chi connectivity index (χ0) is 18.9. The minimum atomic E-state index is -0.547. The Labute approximate surface area is 199 Å². The minimum absolute atomic E-state index is 0.00895. The Kier molecular flexibility index (Phi) is 8.01. The van der Waals surface area contributed by atoms with Gasteiger partial charge in [-0.25, -0.2) is 9.59 Å². The molecule has 0 saturated carbocycles. The fraction of sp³-hybridized carbons (Fsp3) is 0.400. The van der Waals surface area contributed by atoms with Crippen LogP contribution >= 0.6 is 90.4 Å². The summed E-state index contributed by atoms with van der Waals surface area (Å²) in [6, 6.07) is 0.0335. The molecule has 0 radical (unpaired) electrons. The summed E-state index contributed by atoms with van der Waals surface area (Å²) >= 11 is 8.30. The number of halogens is 4. The average Bonchev–Trinajstić information content (AvgIpc) is 2.95. The third-order valence-electron chi connectivity index (χ3n) is 3.82. The number of methoxy groups -OCH3 is 2. The fourth-order valence-corrected chi connectivity index (χ4v) is 8.02. The van der Waals surface area contributed by atoms with E-state index in [1.165, 1.54) is 14.2 Å². The monoisotopic (exact) mass is 795 g/mol. The molecule has 0 aliphatic carbocycles. The number of benzene rings is 1. The van der Waals surface area contributed by atoms with Crippen LogP contribution in [0.25, 0.3) is 0 Å². The second-order valence-electron chi connectivity index (χ2n) is 5.13. The molecule has 1 aliphatic heterocycles. The largest absolute Gasteiger partial charge is 0.465 e. The SMILES string of the molecule is COC(=O)c1c(I)c(C(=O)OC)c(I)c(N2C(=O)CCC2CI)c1I. The van der Waals surface area contributed by atoms with Crippen molar-refractivity contribution in [1.29, 1.82) is 0 Å². The molecule has 1 heterocycles. The van der Waals surface area contributed by atoms with Crippen molar-refractivity contribution in [3.05, 3.63) is 21.8 Å². The fourth-order valence-electron chi connectivity index (χ4n) is 2.62. The lowest BCUT2D eigenvalue weighted by Gasteiger charge is -2.28. The van der Waals surface area contributed by atoms with Crippen LogP contribution in [0.4, 0.5) is 5.69 Å². The lowest BCUT2D eigenvalue weighted by Crippen LogP contribution is -2.36. The minimum Gasteiger partial charge on any atom is -0.465 e. The number of anilines is 1. The highest BCUT2D eigenvalue weighted by atomic mass is 127. The van der Waals surface area contributed by atoms with Crippen molar-refractivity contribution in [2.45, 2.75) is 18.9 Å². The van der Waals surface area contributed by atoms with Crippen LogP contribution in [-0.4, -0.2) is 42.5 Å². The molecule has 0 spiro atoms. The van der Waals surface area contributed by atoms with Gasteiger partial charge in [-0.3, -0.25) is 4.79 Å². The molecule has 0 N–H and O–H groups in total. The van der Waals surface area contributed by atoms with Gasteiger partial charge >= 0.3 is 11.9 Å². The van der Waals surface area contributed by atoms with Crippen LogP contribution in [0.5, 0.6) is 0 Å². The van der Waals surface area contributed by atoms with Crippen LogP contribution < -0.4 is 4.90 Å². The predicted octanol–water partition coefficient (Wildman–Crippen LogP) is 4.00. The Bertz CT molecular complexity index is 709. The van der Waals surface area contributed by atoms with Gasteiger partial charge < -0.3 is 14.4 Å². The van der Waals surface area contributed by atoms with Gasteiger partial charge in [-0.15, -0.1) is 0 Å². The number of carbonyl (C=O) groups is 3. The van der Waals surface area contributed by atoms with E-state index in [-0.39, 0.29) is 23.1 Å². The number of rotatable bonds is 4. The first-order valence-corrected chi connectivity index (χ1v) is 11.8. The molecular weight excluding hydrogens is 782 g/mol. The zero-order valence-electron chi connectivity index (χ0n) is 13.2. The molecule has 10 heteroatoms. The van der Waals surface area contributed by atoms with E-state index in [1.54, 1.807) is 4.90 Å². The van der Waals surface area contributed by atoms with Crippen molar-refractivity contribution in [2.75, 3.05) is 23.5 Å². The van der Waals surface area contributed by atoms with Crippen LogP contribution in [-0.2, 0) is 14.3 Å². The summed E-state index contributed by atoms with van der Waals surface area (Å²) in [7, 11) is 2.58. The lowest BCUT2D eigenvalue weighted by molar-refractivity contribution is -0.117. The first-order chi connectivity index (χ1) is 11.8. The Hall–Kier alpha value is 0.550. The average molecular weight is 795 g/mol. The van der Waals surface area contributed by atoms with E-state index in [0.29, 0.717) is 22.8 Å². The summed E-state index contributed by atoms with van der Waals surface area (Å²) in [6.07, 6.45) is 1.20. The molecule has 1 aromatic rings. The third-order valence-corrected chi connectivity index (χ3v) is 8.01. The second kappa shape index (κ2) is 9.16. The van der Waals surface area contributed by atoms with Crippen LogP contribution in [0.15, 0.2) is 0 Å².